The van der Waals surface area contributed by atoms with Crippen molar-refractivity contribution in [2.45, 2.75) is 50.7 Å². The van der Waals surface area contributed by atoms with E-state index in [2.05, 4.69) is 0 Å². The van der Waals surface area contributed by atoms with Crippen molar-refractivity contribution in [1.29, 1.82) is 0 Å². The Labute approximate surface area is 141 Å². The molecule has 1 fully saturated rings. The van der Waals surface area contributed by atoms with Crippen LogP contribution in [0.5, 0.6) is 0 Å². The third-order valence-corrected chi connectivity index (χ3v) is 5.83. The second kappa shape index (κ2) is 5.77. The van der Waals surface area contributed by atoms with Gasteiger partial charge in [-0.2, -0.15) is 0 Å². The lowest BCUT2D eigenvalue weighted by Crippen LogP contribution is -2.41. The molecule has 2 rings (SSSR count). The van der Waals surface area contributed by atoms with E-state index < -0.39 is 34.3 Å². The van der Waals surface area contributed by atoms with Gasteiger partial charge < -0.3 is 9.31 Å². The summed E-state index contributed by atoms with van der Waals surface area (Å²) < 4.78 is 37.6. The van der Waals surface area contributed by atoms with E-state index in [1.54, 1.807) is 0 Å². The van der Waals surface area contributed by atoms with Crippen LogP contribution in [-0.2, 0) is 24.1 Å². The zero-order valence-electron chi connectivity index (χ0n) is 13.6. The first kappa shape index (κ1) is 18.3. The molecule has 9 heteroatoms. The van der Waals surface area contributed by atoms with Gasteiger partial charge in [0.2, 0.25) is 5.91 Å². The zero-order valence-corrected chi connectivity index (χ0v) is 15.2. The highest BCUT2D eigenvalue weighted by molar-refractivity contribution is 7.90. The molecule has 0 radical (unpaired) electrons. The minimum Gasteiger partial charge on any atom is -0.399 e. The van der Waals surface area contributed by atoms with E-state index in [4.69, 9.17) is 20.9 Å². The van der Waals surface area contributed by atoms with E-state index in [-0.39, 0.29) is 9.92 Å². The van der Waals surface area contributed by atoms with Gasteiger partial charge in [-0.1, -0.05) is 17.7 Å². The zero-order chi connectivity index (χ0) is 17.6. The number of rotatable bonds is 3. The SMILES string of the molecule is CC(=O)NS(=O)(=O)c1ccc(B2OC(C)(C)C(C)(C)O2)c(Cl)c1. The average molecular weight is 360 g/mol. The second-order valence-electron chi connectivity index (χ2n) is 6.43. The standard InChI is InChI=1S/C14H19BClNO5S/c1-9(18)17-23(19,20)10-6-7-11(12(16)8-10)15-21-13(2,3)14(4,5)22-15/h6-8H,1-5H3,(H,17,18). The predicted molar refractivity (Wildman–Crippen MR) is 88.2 cm³/mol. The number of amides is 1. The first-order chi connectivity index (χ1) is 10.4. The molecule has 0 spiro atoms. The maximum Gasteiger partial charge on any atom is 0.496 e. The van der Waals surface area contributed by atoms with Gasteiger partial charge in [-0.25, -0.2) is 13.1 Å². The third kappa shape index (κ3) is 3.55. The number of hydrogen-bond acceptors (Lipinski definition) is 5. The first-order valence-corrected chi connectivity index (χ1v) is 8.90. The van der Waals surface area contributed by atoms with E-state index in [1.807, 2.05) is 32.4 Å². The highest BCUT2D eigenvalue weighted by Crippen LogP contribution is 2.37. The quantitative estimate of drug-likeness (QED) is 0.826. The van der Waals surface area contributed by atoms with E-state index in [9.17, 15) is 13.2 Å². The summed E-state index contributed by atoms with van der Waals surface area (Å²) >= 11 is 6.20. The van der Waals surface area contributed by atoms with Crippen LogP contribution >= 0.6 is 11.6 Å². The molecule has 1 aromatic rings. The molecule has 0 unspecified atom stereocenters. The summed E-state index contributed by atoms with van der Waals surface area (Å²) in [5.41, 5.74) is -0.517. The summed E-state index contributed by atoms with van der Waals surface area (Å²) in [6, 6.07) is 4.16. The molecule has 6 nitrogen and oxygen atoms in total. The molecule has 0 aromatic heterocycles. The van der Waals surface area contributed by atoms with Crippen LogP contribution in [0.2, 0.25) is 5.02 Å². The molecule has 23 heavy (non-hydrogen) atoms. The van der Waals surface area contributed by atoms with Crippen LogP contribution in [0.3, 0.4) is 0 Å². The van der Waals surface area contributed by atoms with Crippen LogP contribution in [0.4, 0.5) is 0 Å². The molecule has 0 bridgehead atoms. The Morgan fingerprint density at radius 2 is 1.70 bits per heavy atom. The van der Waals surface area contributed by atoms with Gasteiger partial charge in [-0.15, -0.1) is 0 Å². The van der Waals surface area contributed by atoms with Gasteiger partial charge in [0.25, 0.3) is 10.0 Å². The predicted octanol–water partition coefficient (Wildman–Crippen LogP) is 1.46. The van der Waals surface area contributed by atoms with Gasteiger partial charge in [0.05, 0.1) is 16.1 Å². The number of hydrogen-bond donors (Lipinski definition) is 1. The van der Waals surface area contributed by atoms with Crippen LogP contribution in [0.25, 0.3) is 0 Å². The minimum absolute atomic E-state index is 0.0991. The summed E-state index contributed by atoms with van der Waals surface area (Å²) in [4.78, 5) is 10.9. The molecule has 1 amide bonds. The fraction of sp³-hybridized carbons (Fsp3) is 0.500. The number of sulfonamides is 1. The molecule has 0 aliphatic carbocycles. The Morgan fingerprint density at radius 3 is 2.13 bits per heavy atom. The maximum absolute atomic E-state index is 12.0. The fourth-order valence-corrected chi connectivity index (χ4v) is 3.44. The van der Waals surface area contributed by atoms with Crippen molar-refractivity contribution in [3.63, 3.8) is 0 Å². The maximum atomic E-state index is 12.0. The van der Waals surface area contributed by atoms with Gasteiger partial charge in [-0.3, -0.25) is 4.79 Å². The summed E-state index contributed by atoms with van der Waals surface area (Å²) in [6.07, 6.45) is 0. The van der Waals surface area contributed by atoms with Crippen molar-refractivity contribution < 1.29 is 22.5 Å². The topological polar surface area (TPSA) is 81.7 Å². The normalized spacial score (nSPS) is 19.7. The van der Waals surface area contributed by atoms with Crippen molar-refractivity contribution in [2.24, 2.45) is 0 Å². The molecule has 126 valence electrons. The van der Waals surface area contributed by atoms with Gasteiger partial charge in [0.1, 0.15) is 0 Å². The number of nitrogens with one attached hydrogen (secondary N) is 1. The number of benzene rings is 1. The molecular weight excluding hydrogens is 340 g/mol. The van der Waals surface area contributed by atoms with Crippen molar-refractivity contribution in [2.75, 3.05) is 0 Å². The van der Waals surface area contributed by atoms with Gasteiger partial charge in [-0.05, 0) is 39.8 Å². The lowest BCUT2D eigenvalue weighted by molar-refractivity contribution is -0.117. The fourth-order valence-electron chi connectivity index (χ4n) is 2.08. The highest BCUT2D eigenvalue weighted by atomic mass is 35.5. The summed E-state index contributed by atoms with van der Waals surface area (Å²) in [5, 5.41) is 0.190. The Bertz CT molecular complexity index is 732. The van der Waals surface area contributed by atoms with Crippen LogP contribution in [-0.4, -0.2) is 32.6 Å². The molecule has 0 atom stereocenters. The number of carbonyl (C=O) groups excluding carboxylic acids is 1. The molecule has 1 aliphatic heterocycles. The van der Waals surface area contributed by atoms with Crippen LogP contribution < -0.4 is 10.2 Å². The molecule has 1 aliphatic rings. The summed E-state index contributed by atoms with van der Waals surface area (Å²) in [5.74, 6) is -0.670. The molecular formula is C14H19BClNO5S. The molecule has 1 saturated heterocycles. The van der Waals surface area contributed by atoms with E-state index in [1.165, 1.54) is 18.2 Å². The van der Waals surface area contributed by atoms with Gasteiger partial charge in [0.15, 0.2) is 0 Å². The summed E-state index contributed by atoms with van der Waals surface area (Å²) in [6.45, 7) is 8.78. The summed E-state index contributed by atoms with van der Waals surface area (Å²) in [7, 11) is -4.62. The highest BCUT2D eigenvalue weighted by Gasteiger charge is 2.52. The van der Waals surface area contributed by atoms with Gasteiger partial charge >= 0.3 is 7.12 Å². The van der Waals surface area contributed by atoms with E-state index in [0.29, 0.717) is 5.46 Å². The van der Waals surface area contributed by atoms with E-state index in [0.717, 1.165) is 6.92 Å². The Hall–Kier alpha value is -1.09. The van der Waals surface area contributed by atoms with E-state index >= 15 is 0 Å². The van der Waals surface area contributed by atoms with Crippen molar-refractivity contribution in [3.8, 4) is 0 Å². The lowest BCUT2D eigenvalue weighted by atomic mass is 9.79. The average Bonchev–Trinajstić information content (AvgIpc) is 2.56. The van der Waals surface area contributed by atoms with Crippen LogP contribution in [0, 0.1) is 0 Å². The lowest BCUT2D eigenvalue weighted by Gasteiger charge is -2.32. The van der Waals surface area contributed by atoms with Crippen molar-refractivity contribution in [1.82, 2.24) is 4.72 Å². The first-order valence-electron chi connectivity index (χ1n) is 7.04. The second-order valence-corrected chi connectivity index (χ2v) is 8.52. The van der Waals surface area contributed by atoms with Crippen molar-refractivity contribution >= 4 is 40.1 Å². The van der Waals surface area contributed by atoms with Crippen LogP contribution in [0.15, 0.2) is 23.1 Å². The van der Waals surface area contributed by atoms with Crippen molar-refractivity contribution in [3.05, 3.63) is 23.2 Å². The van der Waals surface area contributed by atoms with Crippen LogP contribution in [0.1, 0.15) is 34.6 Å². The Balaban J connectivity index is 2.34. The molecule has 0 saturated carbocycles. The monoisotopic (exact) mass is 359 g/mol. The molecule has 1 N–H and O–H groups in total. The number of halogens is 1. The third-order valence-electron chi connectivity index (χ3n) is 4.07. The Kier molecular flexibility index (Phi) is 4.58. The molecule has 1 aromatic carbocycles. The van der Waals surface area contributed by atoms with Gasteiger partial charge in [0, 0.05) is 17.4 Å². The number of carbonyl (C=O) groups is 1. The Morgan fingerprint density at radius 1 is 1.17 bits per heavy atom. The molecule has 1 heterocycles. The largest absolute Gasteiger partial charge is 0.496 e. The smallest absolute Gasteiger partial charge is 0.399 e. The minimum atomic E-state index is -3.93.